The summed E-state index contributed by atoms with van der Waals surface area (Å²) < 4.78 is 37.3. The predicted molar refractivity (Wildman–Crippen MR) is 72.3 cm³/mol. The standard InChI is InChI=1S/C16H14F3N/c17-16(18,19)9-15(20)12-6-5-11-7-10-3-1-2-4-13(10)14(11)8-12/h1-6,8,15H,7,9,20H2. The van der Waals surface area contributed by atoms with E-state index in [0.717, 1.165) is 23.1 Å². The third-order valence-electron chi connectivity index (χ3n) is 3.70. The second-order valence-corrected chi connectivity index (χ2v) is 5.18. The molecule has 1 aliphatic carbocycles. The van der Waals surface area contributed by atoms with Gasteiger partial charge in [-0.15, -0.1) is 0 Å². The van der Waals surface area contributed by atoms with E-state index in [9.17, 15) is 13.2 Å². The van der Waals surface area contributed by atoms with E-state index in [2.05, 4.69) is 0 Å². The lowest BCUT2D eigenvalue weighted by Crippen LogP contribution is -2.20. The van der Waals surface area contributed by atoms with Crippen LogP contribution in [-0.2, 0) is 6.42 Å². The van der Waals surface area contributed by atoms with Crippen LogP contribution in [0.3, 0.4) is 0 Å². The lowest BCUT2D eigenvalue weighted by atomic mass is 9.98. The van der Waals surface area contributed by atoms with E-state index < -0.39 is 18.6 Å². The molecule has 0 saturated carbocycles. The number of benzene rings is 2. The first-order chi connectivity index (χ1) is 9.44. The molecule has 2 N–H and O–H groups in total. The number of hydrogen-bond acceptors (Lipinski definition) is 1. The van der Waals surface area contributed by atoms with E-state index in [-0.39, 0.29) is 0 Å². The SMILES string of the molecule is NC(CC(F)(F)F)c1ccc2c(c1)-c1ccccc1C2. The number of hydrogen-bond donors (Lipinski definition) is 1. The molecule has 1 nitrogen and oxygen atoms in total. The lowest BCUT2D eigenvalue weighted by molar-refractivity contribution is -0.138. The van der Waals surface area contributed by atoms with Crippen LogP contribution in [0.15, 0.2) is 42.5 Å². The first-order valence-corrected chi connectivity index (χ1v) is 6.47. The quantitative estimate of drug-likeness (QED) is 0.746. The van der Waals surface area contributed by atoms with Crippen LogP contribution in [0.25, 0.3) is 11.1 Å². The molecule has 1 atom stereocenters. The van der Waals surface area contributed by atoms with Gasteiger partial charge in [0, 0.05) is 6.04 Å². The van der Waals surface area contributed by atoms with E-state index in [4.69, 9.17) is 5.73 Å². The summed E-state index contributed by atoms with van der Waals surface area (Å²) in [7, 11) is 0. The molecule has 0 aromatic heterocycles. The van der Waals surface area contributed by atoms with Gasteiger partial charge in [-0.1, -0.05) is 36.4 Å². The average Bonchev–Trinajstić information content (AvgIpc) is 2.74. The fourth-order valence-electron chi connectivity index (χ4n) is 2.74. The van der Waals surface area contributed by atoms with Crippen LogP contribution in [0.1, 0.15) is 29.2 Å². The smallest absolute Gasteiger partial charge is 0.324 e. The Morgan fingerprint density at radius 2 is 1.70 bits per heavy atom. The molecule has 0 heterocycles. The van der Waals surface area contributed by atoms with Crippen molar-refractivity contribution in [3.05, 3.63) is 59.2 Å². The number of alkyl halides is 3. The van der Waals surface area contributed by atoms with Gasteiger partial charge in [0.2, 0.25) is 0 Å². The van der Waals surface area contributed by atoms with Gasteiger partial charge >= 0.3 is 6.18 Å². The monoisotopic (exact) mass is 277 g/mol. The highest BCUT2D eigenvalue weighted by Gasteiger charge is 2.31. The Balaban J connectivity index is 1.95. The van der Waals surface area contributed by atoms with Gasteiger partial charge in [-0.3, -0.25) is 0 Å². The fraction of sp³-hybridized carbons (Fsp3) is 0.250. The summed E-state index contributed by atoms with van der Waals surface area (Å²) in [4.78, 5) is 0. The zero-order chi connectivity index (χ0) is 14.3. The lowest BCUT2D eigenvalue weighted by Gasteiger charge is -2.15. The molecule has 0 radical (unpaired) electrons. The Morgan fingerprint density at radius 1 is 1.00 bits per heavy atom. The van der Waals surface area contributed by atoms with Gasteiger partial charge in [0.05, 0.1) is 6.42 Å². The number of halogens is 3. The molecule has 0 bridgehead atoms. The Hall–Kier alpha value is -1.81. The minimum Gasteiger partial charge on any atom is -0.324 e. The summed E-state index contributed by atoms with van der Waals surface area (Å²) in [6.45, 7) is 0. The molecular weight excluding hydrogens is 263 g/mol. The van der Waals surface area contributed by atoms with Crippen LogP contribution >= 0.6 is 0 Å². The molecule has 0 fully saturated rings. The predicted octanol–water partition coefficient (Wildman–Crippen LogP) is 4.21. The minimum atomic E-state index is -4.24. The van der Waals surface area contributed by atoms with Gasteiger partial charge in [0.1, 0.15) is 0 Å². The van der Waals surface area contributed by atoms with Gasteiger partial charge in [0.15, 0.2) is 0 Å². The summed E-state index contributed by atoms with van der Waals surface area (Å²) in [5, 5.41) is 0. The number of fused-ring (bicyclic) bond motifs is 3. The van der Waals surface area contributed by atoms with E-state index in [1.807, 2.05) is 30.3 Å². The van der Waals surface area contributed by atoms with Gasteiger partial charge in [-0.05, 0) is 40.3 Å². The van der Waals surface area contributed by atoms with Crippen LogP contribution in [0.4, 0.5) is 13.2 Å². The van der Waals surface area contributed by atoms with Gasteiger partial charge in [-0.2, -0.15) is 13.2 Å². The molecule has 1 unspecified atom stereocenters. The molecular formula is C16H14F3N. The van der Waals surface area contributed by atoms with Crippen LogP contribution in [-0.4, -0.2) is 6.18 Å². The van der Waals surface area contributed by atoms with Crippen LogP contribution < -0.4 is 5.73 Å². The zero-order valence-electron chi connectivity index (χ0n) is 10.7. The Bertz CT molecular complexity index is 646. The number of nitrogens with two attached hydrogens (primary N) is 1. The summed E-state index contributed by atoms with van der Waals surface area (Å²) in [5.41, 5.74) is 10.7. The Kier molecular flexibility index (Phi) is 3.05. The molecule has 2 aromatic carbocycles. The van der Waals surface area contributed by atoms with Crippen molar-refractivity contribution in [3.63, 3.8) is 0 Å². The van der Waals surface area contributed by atoms with Crippen molar-refractivity contribution in [2.75, 3.05) is 0 Å². The van der Waals surface area contributed by atoms with Gasteiger partial charge in [-0.25, -0.2) is 0 Å². The highest BCUT2D eigenvalue weighted by molar-refractivity contribution is 5.77. The number of rotatable bonds is 2. The maximum absolute atomic E-state index is 12.4. The van der Waals surface area contributed by atoms with Crippen molar-refractivity contribution >= 4 is 0 Å². The molecule has 0 spiro atoms. The maximum Gasteiger partial charge on any atom is 0.390 e. The van der Waals surface area contributed by atoms with E-state index >= 15 is 0 Å². The van der Waals surface area contributed by atoms with E-state index in [1.54, 1.807) is 12.1 Å². The van der Waals surface area contributed by atoms with Crippen molar-refractivity contribution in [3.8, 4) is 11.1 Å². The first-order valence-electron chi connectivity index (χ1n) is 6.47. The van der Waals surface area contributed by atoms with E-state index in [0.29, 0.717) is 5.56 Å². The van der Waals surface area contributed by atoms with Crippen molar-refractivity contribution < 1.29 is 13.2 Å². The zero-order valence-corrected chi connectivity index (χ0v) is 10.7. The molecule has 0 amide bonds. The molecule has 104 valence electrons. The molecule has 0 saturated heterocycles. The van der Waals surface area contributed by atoms with Crippen molar-refractivity contribution in [2.24, 2.45) is 5.73 Å². The Morgan fingerprint density at radius 3 is 2.45 bits per heavy atom. The van der Waals surface area contributed by atoms with Crippen molar-refractivity contribution in [1.82, 2.24) is 0 Å². The molecule has 20 heavy (non-hydrogen) atoms. The summed E-state index contributed by atoms with van der Waals surface area (Å²) in [5.74, 6) is 0. The molecule has 1 aliphatic rings. The first kappa shape index (κ1) is 13.2. The topological polar surface area (TPSA) is 26.0 Å². The summed E-state index contributed by atoms with van der Waals surface area (Å²) in [6, 6.07) is 12.4. The maximum atomic E-state index is 12.4. The molecule has 3 rings (SSSR count). The molecule has 2 aromatic rings. The van der Waals surface area contributed by atoms with Crippen LogP contribution in [0, 0.1) is 0 Å². The fourth-order valence-corrected chi connectivity index (χ4v) is 2.74. The summed E-state index contributed by atoms with van der Waals surface area (Å²) in [6.07, 6.45) is -4.40. The van der Waals surface area contributed by atoms with Gasteiger partial charge < -0.3 is 5.73 Å². The highest BCUT2D eigenvalue weighted by atomic mass is 19.4. The van der Waals surface area contributed by atoms with E-state index in [1.165, 1.54) is 5.56 Å². The minimum absolute atomic E-state index is 0.540. The highest BCUT2D eigenvalue weighted by Crippen LogP contribution is 2.38. The second kappa shape index (κ2) is 4.63. The third-order valence-corrected chi connectivity index (χ3v) is 3.70. The second-order valence-electron chi connectivity index (χ2n) is 5.18. The van der Waals surface area contributed by atoms with Crippen molar-refractivity contribution in [1.29, 1.82) is 0 Å². The Labute approximate surface area is 115 Å². The average molecular weight is 277 g/mol. The normalized spacial score (nSPS) is 14.8. The van der Waals surface area contributed by atoms with Crippen LogP contribution in [0.5, 0.6) is 0 Å². The largest absolute Gasteiger partial charge is 0.390 e. The molecule has 4 heteroatoms. The van der Waals surface area contributed by atoms with Gasteiger partial charge in [0.25, 0.3) is 0 Å². The molecule has 0 aliphatic heterocycles. The third kappa shape index (κ3) is 2.43. The summed E-state index contributed by atoms with van der Waals surface area (Å²) >= 11 is 0. The van der Waals surface area contributed by atoms with Crippen LogP contribution in [0.2, 0.25) is 0 Å². The van der Waals surface area contributed by atoms with Crippen molar-refractivity contribution in [2.45, 2.75) is 25.1 Å².